The van der Waals surface area contributed by atoms with Crippen molar-refractivity contribution < 1.29 is 34.1 Å². The largest absolute Gasteiger partial charge is 0.480 e. The van der Waals surface area contributed by atoms with Crippen LogP contribution in [0.5, 0.6) is 0 Å². The first kappa shape index (κ1) is 50.6. The van der Waals surface area contributed by atoms with Crippen molar-refractivity contribution in [3.05, 3.63) is 12.2 Å². The van der Waals surface area contributed by atoms with E-state index in [2.05, 4.69) is 36.6 Å². The van der Waals surface area contributed by atoms with Crippen molar-refractivity contribution in [1.82, 2.24) is 10.6 Å². The highest BCUT2D eigenvalue weighted by Crippen LogP contribution is 2.18. The van der Waals surface area contributed by atoms with E-state index in [0.717, 1.165) is 70.6 Å². The van der Waals surface area contributed by atoms with Crippen LogP contribution < -0.4 is 10.6 Å². The van der Waals surface area contributed by atoms with Gasteiger partial charge in [0.05, 0.1) is 13.2 Å². The third kappa shape index (κ3) is 36.3. The fourth-order valence-corrected chi connectivity index (χ4v) is 6.60. The molecule has 0 bridgehead atoms. The monoisotopic (exact) mass is 751 g/mol. The molecule has 0 rings (SSSR count). The number of aliphatic carboxylic acids is 1. The molecule has 0 saturated heterocycles. The molecule has 0 aliphatic carbocycles. The molecule has 2 unspecified atom stereocenters. The Bertz CT molecular complexity index is 910. The van der Waals surface area contributed by atoms with E-state index in [4.69, 9.17) is 14.9 Å². The Morgan fingerprint density at radius 2 is 0.981 bits per heavy atom. The van der Waals surface area contributed by atoms with E-state index in [9.17, 15) is 19.2 Å². The minimum atomic E-state index is -1.38. The number of carboxylic acid groups (broad SMARTS) is 1. The van der Waals surface area contributed by atoms with Crippen molar-refractivity contribution in [3.63, 3.8) is 0 Å². The number of hydrogen-bond donors (Lipinski definition) is 4. The number of carbonyl (C=O) groups is 4. The van der Waals surface area contributed by atoms with E-state index in [1.165, 1.54) is 116 Å². The van der Waals surface area contributed by atoms with Crippen LogP contribution in [0.15, 0.2) is 12.2 Å². The van der Waals surface area contributed by atoms with Crippen molar-refractivity contribution in [3.8, 4) is 0 Å². The number of carboxylic acids is 1. The molecule has 0 fully saturated rings. The van der Waals surface area contributed by atoms with Gasteiger partial charge in [0.25, 0.3) is 0 Å². The summed E-state index contributed by atoms with van der Waals surface area (Å²) in [5, 5.41) is 22.5. The molecule has 2 atom stereocenters. The van der Waals surface area contributed by atoms with Gasteiger partial charge in [0.2, 0.25) is 11.8 Å². The molecular formula is C44H82N2O7. The van der Waals surface area contributed by atoms with Crippen molar-refractivity contribution in [2.24, 2.45) is 0 Å². The highest BCUT2D eigenvalue weighted by Gasteiger charge is 2.19. The molecule has 310 valence electrons. The van der Waals surface area contributed by atoms with Crippen LogP contribution in [0.1, 0.15) is 219 Å². The van der Waals surface area contributed by atoms with Gasteiger partial charge in [-0.1, -0.05) is 161 Å². The van der Waals surface area contributed by atoms with Crippen LogP contribution in [0.2, 0.25) is 0 Å². The fourth-order valence-electron chi connectivity index (χ4n) is 6.60. The number of rotatable bonds is 40. The fraction of sp³-hybridized carbons (Fsp3) is 0.864. The van der Waals surface area contributed by atoms with Gasteiger partial charge in [-0.3, -0.25) is 14.4 Å². The summed E-state index contributed by atoms with van der Waals surface area (Å²) in [6, 6.07) is -1.38. The Labute approximate surface area is 324 Å². The number of unbranched alkanes of at least 4 members (excludes halogenated alkanes) is 24. The number of nitrogens with one attached hydrogen (secondary N) is 2. The van der Waals surface area contributed by atoms with Gasteiger partial charge in [-0.2, -0.15) is 0 Å². The molecule has 0 saturated carbocycles. The van der Waals surface area contributed by atoms with Crippen LogP contribution in [0.25, 0.3) is 0 Å². The summed E-state index contributed by atoms with van der Waals surface area (Å²) in [4.78, 5) is 47.5. The molecule has 0 aromatic heterocycles. The van der Waals surface area contributed by atoms with E-state index in [0.29, 0.717) is 19.3 Å². The summed E-state index contributed by atoms with van der Waals surface area (Å²) in [7, 11) is 0. The maximum Gasteiger partial charge on any atom is 0.328 e. The number of aliphatic hydroxyl groups is 1. The summed E-state index contributed by atoms with van der Waals surface area (Å²) < 4.78 is 6.01. The lowest BCUT2D eigenvalue weighted by Crippen LogP contribution is -2.47. The lowest BCUT2D eigenvalue weighted by molar-refractivity contribution is -0.150. The third-order valence-electron chi connectivity index (χ3n) is 10.0. The summed E-state index contributed by atoms with van der Waals surface area (Å²) >= 11 is 0. The van der Waals surface area contributed by atoms with E-state index >= 15 is 0 Å². The first-order valence-corrected chi connectivity index (χ1v) is 22.1. The van der Waals surface area contributed by atoms with Crippen LogP contribution in [0.4, 0.5) is 0 Å². The van der Waals surface area contributed by atoms with Crippen LogP contribution in [-0.4, -0.2) is 59.3 Å². The summed E-state index contributed by atoms with van der Waals surface area (Å²) in [6.07, 6.45) is 40.9. The predicted molar refractivity (Wildman–Crippen MR) is 218 cm³/mol. The Balaban J connectivity index is 4.29. The second kappa shape index (κ2) is 39.3. The predicted octanol–water partition coefficient (Wildman–Crippen LogP) is 10.7. The second-order valence-corrected chi connectivity index (χ2v) is 15.1. The maximum atomic E-state index is 12.8. The lowest BCUT2D eigenvalue weighted by Gasteiger charge is -2.18. The molecule has 9 nitrogen and oxygen atoms in total. The molecule has 0 spiro atoms. The first-order chi connectivity index (χ1) is 25.8. The van der Waals surface area contributed by atoms with Gasteiger partial charge in [0.15, 0.2) is 0 Å². The van der Waals surface area contributed by atoms with Gasteiger partial charge in [-0.05, 0) is 57.8 Å². The van der Waals surface area contributed by atoms with E-state index in [1.54, 1.807) is 0 Å². The maximum absolute atomic E-state index is 12.8. The van der Waals surface area contributed by atoms with Crippen molar-refractivity contribution >= 4 is 23.8 Å². The average Bonchev–Trinajstić information content (AvgIpc) is 3.14. The van der Waals surface area contributed by atoms with Crippen LogP contribution in [0.3, 0.4) is 0 Å². The van der Waals surface area contributed by atoms with Gasteiger partial charge in [-0.25, -0.2) is 4.79 Å². The van der Waals surface area contributed by atoms with Crippen LogP contribution in [0, 0.1) is 0 Å². The SMILES string of the molecule is CCCCCCCC/C=C\CCCC(CCCCCCCC(=O)NCC(=O)NC(CO)C(=O)O)OC(=O)CCCCCCCCCCCCCCCC. The van der Waals surface area contributed by atoms with Gasteiger partial charge >= 0.3 is 11.9 Å². The zero-order chi connectivity index (χ0) is 39.0. The summed E-state index contributed by atoms with van der Waals surface area (Å²) in [6.45, 7) is 3.48. The Kier molecular flexibility index (Phi) is 37.5. The number of ether oxygens (including phenoxy) is 1. The Morgan fingerprint density at radius 3 is 1.49 bits per heavy atom. The van der Waals surface area contributed by atoms with E-state index < -0.39 is 24.5 Å². The summed E-state index contributed by atoms with van der Waals surface area (Å²) in [5.74, 6) is -2.30. The summed E-state index contributed by atoms with van der Waals surface area (Å²) in [5.41, 5.74) is 0. The zero-order valence-corrected chi connectivity index (χ0v) is 34.3. The number of hydrogen-bond acceptors (Lipinski definition) is 6. The number of allylic oxidation sites excluding steroid dienone is 2. The van der Waals surface area contributed by atoms with Crippen molar-refractivity contribution in [2.75, 3.05) is 13.2 Å². The normalized spacial score (nSPS) is 12.5. The van der Waals surface area contributed by atoms with Crippen LogP contribution in [-0.2, 0) is 23.9 Å². The topological polar surface area (TPSA) is 142 Å². The Hall–Kier alpha value is -2.42. The third-order valence-corrected chi connectivity index (χ3v) is 10.0. The number of esters is 1. The van der Waals surface area contributed by atoms with Crippen molar-refractivity contribution in [1.29, 1.82) is 0 Å². The van der Waals surface area contributed by atoms with Gasteiger partial charge in [0.1, 0.15) is 12.1 Å². The molecule has 0 aromatic carbocycles. The van der Waals surface area contributed by atoms with Gasteiger partial charge in [-0.15, -0.1) is 0 Å². The molecule has 2 amide bonds. The highest BCUT2D eigenvalue weighted by molar-refractivity contribution is 5.87. The number of amides is 2. The lowest BCUT2D eigenvalue weighted by atomic mass is 10.0. The van der Waals surface area contributed by atoms with Crippen LogP contribution >= 0.6 is 0 Å². The smallest absolute Gasteiger partial charge is 0.328 e. The molecule has 0 radical (unpaired) electrons. The minimum absolute atomic E-state index is 0.0374. The molecule has 53 heavy (non-hydrogen) atoms. The van der Waals surface area contributed by atoms with Gasteiger partial charge < -0.3 is 25.6 Å². The highest BCUT2D eigenvalue weighted by atomic mass is 16.5. The molecular weight excluding hydrogens is 668 g/mol. The van der Waals surface area contributed by atoms with E-state index in [-0.39, 0.29) is 24.5 Å². The van der Waals surface area contributed by atoms with E-state index in [1.807, 2.05) is 0 Å². The molecule has 0 heterocycles. The quantitative estimate of drug-likeness (QED) is 0.0277. The Morgan fingerprint density at radius 1 is 0.547 bits per heavy atom. The average molecular weight is 751 g/mol. The molecule has 4 N–H and O–H groups in total. The second-order valence-electron chi connectivity index (χ2n) is 15.1. The molecule has 9 heteroatoms. The number of aliphatic hydroxyl groups excluding tert-OH is 1. The first-order valence-electron chi connectivity index (χ1n) is 22.1. The van der Waals surface area contributed by atoms with Crippen molar-refractivity contribution in [2.45, 2.75) is 231 Å². The molecule has 0 aromatic rings. The standard InChI is InChI=1S/C44H82N2O7/c1-3-5-7-9-11-13-15-16-17-19-21-23-28-32-36-43(50)53-39(33-29-25-22-20-18-14-12-10-8-6-4-2)34-30-26-24-27-31-35-41(48)45-37-42(49)46-40(38-47)44(51)52/h20,22,39-40,47H,3-19,21,23-38H2,1-2H3,(H,45,48)(H,46,49)(H,51,52)/b22-20-. The molecule has 0 aliphatic rings. The molecule has 0 aliphatic heterocycles. The number of carbonyl (C=O) groups excluding carboxylic acids is 3. The minimum Gasteiger partial charge on any atom is -0.480 e. The van der Waals surface area contributed by atoms with Gasteiger partial charge in [0, 0.05) is 12.8 Å². The zero-order valence-electron chi connectivity index (χ0n) is 34.3.